The monoisotopic (exact) mass is 377 g/mol. The predicted molar refractivity (Wildman–Crippen MR) is 100 cm³/mol. The number of aryl methyl sites for hydroxylation is 1. The number of aromatic nitrogens is 4. The Hall–Kier alpha value is -2.13. The highest BCUT2D eigenvalue weighted by Gasteiger charge is 2.15. The molecule has 1 N–H and O–H groups in total. The number of nitrogens with one attached hydrogen (secondary N) is 1. The van der Waals surface area contributed by atoms with Gasteiger partial charge in [-0.05, 0) is 24.3 Å². The SMILES string of the molecule is CCC(CC)c1nnc(NC(=O)CCn2cnc3sccc3c2=O)s1. The average molecular weight is 377 g/mol. The Morgan fingerprint density at radius 2 is 2.12 bits per heavy atom. The van der Waals surface area contributed by atoms with E-state index in [1.54, 1.807) is 6.07 Å². The van der Waals surface area contributed by atoms with Crippen molar-refractivity contribution in [1.29, 1.82) is 0 Å². The van der Waals surface area contributed by atoms with Gasteiger partial charge in [-0.3, -0.25) is 14.2 Å². The lowest BCUT2D eigenvalue weighted by Gasteiger charge is -2.06. The molecule has 3 heterocycles. The Morgan fingerprint density at radius 1 is 1.32 bits per heavy atom. The molecule has 0 spiro atoms. The number of anilines is 1. The Bertz CT molecular complexity index is 926. The fourth-order valence-electron chi connectivity index (χ4n) is 2.54. The molecular weight excluding hydrogens is 358 g/mol. The summed E-state index contributed by atoms with van der Waals surface area (Å²) in [5.74, 6) is 0.190. The van der Waals surface area contributed by atoms with E-state index in [9.17, 15) is 9.59 Å². The summed E-state index contributed by atoms with van der Waals surface area (Å²) < 4.78 is 1.46. The van der Waals surface area contributed by atoms with E-state index in [0.717, 1.165) is 17.8 Å². The van der Waals surface area contributed by atoms with E-state index >= 15 is 0 Å². The van der Waals surface area contributed by atoms with Gasteiger partial charge in [0.1, 0.15) is 9.84 Å². The standard InChI is InChI=1S/C16H19N5O2S2/c1-3-10(4-2)13-19-20-16(25-13)18-12(22)5-7-21-9-17-14-11(15(21)23)6-8-24-14/h6,8-10H,3-5,7H2,1-2H3,(H,18,20,22). The largest absolute Gasteiger partial charge is 0.300 e. The van der Waals surface area contributed by atoms with Gasteiger partial charge in [-0.2, -0.15) is 0 Å². The maximum atomic E-state index is 12.3. The van der Waals surface area contributed by atoms with Crippen molar-refractivity contribution in [3.8, 4) is 0 Å². The second kappa shape index (κ2) is 7.83. The van der Waals surface area contributed by atoms with Gasteiger partial charge in [0.2, 0.25) is 11.0 Å². The highest BCUT2D eigenvalue weighted by molar-refractivity contribution is 7.16. The van der Waals surface area contributed by atoms with Crippen molar-refractivity contribution in [2.24, 2.45) is 0 Å². The van der Waals surface area contributed by atoms with Crippen molar-refractivity contribution < 1.29 is 4.79 Å². The first-order valence-corrected chi connectivity index (χ1v) is 9.87. The van der Waals surface area contributed by atoms with Gasteiger partial charge in [0, 0.05) is 18.9 Å². The van der Waals surface area contributed by atoms with Crippen LogP contribution in [0.2, 0.25) is 0 Å². The summed E-state index contributed by atoms with van der Waals surface area (Å²) in [6.07, 6.45) is 3.67. The van der Waals surface area contributed by atoms with Gasteiger partial charge >= 0.3 is 0 Å². The highest BCUT2D eigenvalue weighted by Crippen LogP contribution is 2.28. The Morgan fingerprint density at radius 3 is 2.88 bits per heavy atom. The summed E-state index contributed by atoms with van der Waals surface area (Å²) in [5.41, 5.74) is -0.119. The third-order valence-corrected chi connectivity index (χ3v) is 5.87. The van der Waals surface area contributed by atoms with Crippen molar-refractivity contribution in [2.75, 3.05) is 5.32 Å². The Kier molecular flexibility index (Phi) is 5.54. The number of fused-ring (bicyclic) bond motifs is 1. The third kappa shape index (κ3) is 3.93. The molecule has 3 aromatic heterocycles. The van der Waals surface area contributed by atoms with E-state index in [1.807, 2.05) is 5.38 Å². The maximum absolute atomic E-state index is 12.3. The van der Waals surface area contributed by atoms with Gasteiger partial charge in [0.15, 0.2) is 0 Å². The molecule has 0 bridgehead atoms. The van der Waals surface area contributed by atoms with Crippen molar-refractivity contribution in [3.63, 3.8) is 0 Å². The Balaban J connectivity index is 1.61. The highest BCUT2D eigenvalue weighted by atomic mass is 32.1. The van der Waals surface area contributed by atoms with Crippen LogP contribution in [0.4, 0.5) is 5.13 Å². The molecule has 0 aromatic carbocycles. The minimum Gasteiger partial charge on any atom is -0.300 e. The van der Waals surface area contributed by atoms with Crippen molar-refractivity contribution in [2.45, 2.75) is 45.6 Å². The lowest BCUT2D eigenvalue weighted by Crippen LogP contribution is -2.23. The number of nitrogens with zero attached hydrogens (tertiary/aromatic N) is 4. The normalized spacial score (nSPS) is 11.3. The zero-order chi connectivity index (χ0) is 17.8. The van der Waals surface area contributed by atoms with Crippen LogP contribution in [0.15, 0.2) is 22.6 Å². The molecule has 7 nitrogen and oxygen atoms in total. The number of carbonyl (C=O) groups excluding carboxylic acids is 1. The number of rotatable bonds is 7. The van der Waals surface area contributed by atoms with Crippen LogP contribution >= 0.6 is 22.7 Å². The summed E-state index contributed by atoms with van der Waals surface area (Å²) in [6.45, 7) is 4.51. The smallest absolute Gasteiger partial charge is 0.262 e. The number of amides is 1. The molecule has 132 valence electrons. The van der Waals surface area contributed by atoms with E-state index in [-0.39, 0.29) is 24.4 Å². The Labute approximate surface area is 152 Å². The fourth-order valence-corrected chi connectivity index (χ4v) is 4.29. The first-order chi connectivity index (χ1) is 12.1. The van der Waals surface area contributed by atoms with Crippen molar-refractivity contribution in [3.05, 3.63) is 33.1 Å². The molecule has 3 aromatic rings. The van der Waals surface area contributed by atoms with Crippen LogP contribution in [0.1, 0.15) is 44.0 Å². The average Bonchev–Trinajstić information content (AvgIpc) is 3.25. The molecular formula is C16H19N5O2S2. The summed E-state index contributed by atoms with van der Waals surface area (Å²) in [6, 6.07) is 1.76. The number of hydrogen-bond donors (Lipinski definition) is 1. The molecule has 0 aliphatic heterocycles. The van der Waals surface area contributed by atoms with Crippen LogP contribution in [0.3, 0.4) is 0 Å². The van der Waals surface area contributed by atoms with Gasteiger partial charge in [-0.15, -0.1) is 21.5 Å². The lowest BCUT2D eigenvalue weighted by molar-refractivity contribution is -0.116. The van der Waals surface area contributed by atoms with Gasteiger partial charge < -0.3 is 5.32 Å². The minimum absolute atomic E-state index is 0.119. The summed E-state index contributed by atoms with van der Waals surface area (Å²) in [7, 11) is 0. The van der Waals surface area contributed by atoms with Crippen LogP contribution < -0.4 is 10.9 Å². The van der Waals surface area contributed by atoms with E-state index in [1.165, 1.54) is 33.6 Å². The zero-order valence-electron chi connectivity index (χ0n) is 14.1. The van der Waals surface area contributed by atoms with Crippen LogP contribution in [0, 0.1) is 0 Å². The molecule has 9 heteroatoms. The molecule has 0 saturated heterocycles. The third-order valence-electron chi connectivity index (χ3n) is 4.05. The molecule has 1 amide bonds. The molecule has 0 atom stereocenters. The lowest BCUT2D eigenvalue weighted by atomic mass is 10.1. The van der Waals surface area contributed by atoms with Gasteiger partial charge in [-0.25, -0.2) is 4.98 Å². The molecule has 0 aliphatic rings. The molecule has 0 radical (unpaired) electrons. The number of hydrogen-bond acceptors (Lipinski definition) is 7. The molecule has 3 rings (SSSR count). The first-order valence-electron chi connectivity index (χ1n) is 8.18. The quantitative estimate of drug-likeness (QED) is 0.683. The van der Waals surface area contributed by atoms with Gasteiger partial charge in [-0.1, -0.05) is 25.2 Å². The topological polar surface area (TPSA) is 89.8 Å². The second-order valence-electron chi connectivity index (χ2n) is 5.64. The summed E-state index contributed by atoms with van der Waals surface area (Å²) >= 11 is 2.84. The summed E-state index contributed by atoms with van der Waals surface area (Å²) in [4.78, 5) is 29.4. The first kappa shape index (κ1) is 17.7. The maximum Gasteiger partial charge on any atom is 0.262 e. The van der Waals surface area contributed by atoms with E-state index in [0.29, 0.717) is 21.3 Å². The van der Waals surface area contributed by atoms with E-state index < -0.39 is 0 Å². The van der Waals surface area contributed by atoms with Crippen LogP contribution in [0.25, 0.3) is 10.2 Å². The van der Waals surface area contributed by atoms with Gasteiger partial charge in [0.25, 0.3) is 5.56 Å². The number of carbonyl (C=O) groups is 1. The molecule has 25 heavy (non-hydrogen) atoms. The van der Waals surface area contributed by atoms with Crippen molar-refractivity contribution in [1.82, 2.24) is 19.7 Å². The predicted octanol–water partition coefficient (Wildman–Crippen LogP) is 3.24. The zero-order valence-corrected chi connectivity index (χ0v) is 15.7. The van der Waals surface area contributed by atoms with E-state index in [4.69, 9.17) is 0 Å². The van der Waals surface area contributed by atoms with Crippen LogP contribution in [-0.2, 0) is 11.3 Å². The minimum atomic E-state index is -0.190. The second-order valence-corrected chi connectivity index (χ2v) is 7.54. The molecule has 0 fully saturated rings. The molecule has 0 saturated carbocycles. The molecule has 0 unspecified atom stereocenters. The van der Waals surface area contributed by atoms with Crippen LogP contribution in [-0.4, -0.2) is 25.7 Å². The summed E-state index contributed by atoms with van der Waals surface area (Å²) in [5, 5.41) is 14.8. The molecule has 0 aliphatic carbocycles. The fraction of sp³-hybridized carbons (Fsp3) is 0.438. The van der Waals surface area contributed by atoms with Gasteiger partial charge in [0.05, 0.1) is 11.7 Å². The van der Waals surface area contributed by atoms with Crippen molar-refractivity contribution >= 4 is 43.9 Å². The van der Waals surface area contributed by atoms with E-state index in [2.05, 4.69) is 34.3 Å². The van der Waals surface area contributed by atoms with Crippen LogP contribution in [0.5, 0.6) is 0 Å². The number of thiophene rings is 1.